The van der Waals surface area contributed by atoms with E-state index in [2.05, 4.69) is 11.4 Å². The third-order valence-electron chi connectivity index (χ3n) is 3.45. The summed E-state index contributed by atoms with van der Waals surface area (Å²) in [5.41, 5.74) is 2.53. The van der Waals surface area contributed by atoms with Gasteiger partial charge in [-0.25, -0.2) is 0 Å². The normalized spacial score (nSPS) is 12.0. The lowest BCUT2D eigenvalue weighted by Crippen LogP contribution is -2.05. The number of ether oxygens (including phenoxy) is 2. The minimum Gasteiger partial charge on any atom is -0.454 e. The average Bonchev–Trinajstić information content (AvgIpc) is 3.03. The fraction of sp³-hybridized carbons (Fsp3) is 0.250. The molecular weight excluding hydrogens is 300 g/mol. The van der Waals surface area contributed by atoms with Crippen LogP contribution >= 0.6 is 11.3 Å². The Morgan fingerprint density at radius 3 is 2.91 bits per heavy atom. The molecule has 0 unspecified atom stereocenters. The largest absolute Gasteiger partial charge is 0.454 e. The summed E-state index contributed by atoms with van der Waals surface area (Å²) in [7, 11) is 0. The van der Waals surface area contributed by atoms with Crippen LogP contribution < -0.4 is 14.8 Å². The lowest BCUT2D eigenvalue weighted by atomic mass is 10.1. The van der Waals surface area contributed by atoms with Crippen molar-refractivity contribution in [3.8, 4) is 17.6 Å². The van der Waals surface area contributed by atoms with Crippen LogP contribution in [0.5, 0.6) is 11.5 Å². The molecule has 1 aliphatic rings. The summed E-state index contributed by atoms with van der Waals surface area (Å²) >= 11 is 1.44. The van der Waals surface area contributed by atoms with Gasteiger partial charge in [0.1, 0.15) is 11.1 Å². The van der Waals surface area contributed by atoms with Gasteiger partial charge in [0, 0.05) is 18.2 Å². The molecule has 0 aliphatic carbocycles. The SMILES string of the molecule is CC(=O)Nc1sc(Cc2ccc3c(c2)OCO3)c(C)c1C#N. The van der Waals surface area contributed by atoms with E-state index in [1.165, 1.54) is 18.3 Å². The number of nitrogens with one attached hydrogen (secondary N) is 1. The molecule has 1 N–H and O–H groups in total. The first-order valence-corrected chi connectivity index (χ1v) is 7.58. The van der Waals surface area contributed by atoms with Crippen LogP contribution in [0.15, 0.2) is 18.2 Å². The van der Waals surface area contributed by atoms with E-state index in [1.54, 1.807) is 0 Å². The highest BCUT2D eigenvalue weighted by atomic mass is 32.1. The molecule has 0 saturated carbocycles. The highest BCUT2D eigenvalue weighted by Crippen LogP contribution is 2.36. The Morgan fingerprint density at radius 1 is 1.41 bits per heavy atom. The van der Waals surface area contributed by atoms with Crippen LogP contribution in [-0.2, 0) is 11.2 Å². The van der Waals surface area contributed by atoms with Gasteiger partial charge in [-0.2, -0.15) is 5.26 Å². The molecule has 1 amide bonds. The maximum Gasteiger partial charge on any atom is 0.231 e. The zero-order valence-electron chi connectivity index (χ0n) is 12.2. The number of amides is 1. The van der Waals surface area contributed by atoms with Gasteiger partial charge in [0.15, 0.2) is 11.5 Å². The van der Waals surface area contributed by atoms with E-state index in [0.29, 0.717) is 17.0 Å². The molecule has 2 heterocycles. The second kappa shape index (κ2) is 5.70. The first kappa shape index (κ1) is 14.4. The fourth-order valence-corrected chi connectivity index (χ4v) is 3.58. The zero-order valence-corrected chi connectivity index (χ0v) is 13.0. The van der Waals surface area contributed by atoms with E-state index in [0.717, 1.165) is 27.5 Å². The third kappa shape index (κ3) is 2.63. The highest BCUT2D eigenvalue weighted by molar-refractivity contribution is 7.16. The summed E-state index contributed by atoms with van der Waals surface area (Å²) in [6, 6.07) is 7.99. The maximum atomic E-state index is 11.2. The van der Waals surface area contributed by atoms with Crippen molar-refractivity contribution in [2.24, 2.45) is 0 Å². The van der Waals surface area contributed by atoms with Gasteiger partial charge in [0.2, 0.25) is 12.7 Å². The Hall–Kier alpha value is -2.52. The van der Waals surface area contributed by atoms with E-state index in [9.17, 15) is 10.1 Å². The molecule has 0 spiro atoms. The second-order valence-electron chi connectivity index (χ2n) is 5.01. The molecule has 112 valence electrons. The molecule has 0 saturated heterocycles. The summed E-state index contributed by atoms with van der Waals surface area (Å²) in [6.45, 7) is 3.60. The molecule has 0 atom stereocenters. The van der Waals surface area contributed by atoms with Gasteiger partial charge < -0.3 is 14.8 Å². The quantitative estimate of drug-likeness (QED) is 0.944. The van der Waals surface area contributed by atoms with Crippen molar-refractivity contribution in [2.45, 2.75) is 20.3 Å². The summed E-state index contributed by atoms with van der Waals surface area (Å²) in [5, 5.41) is 12.6. The number of rotatable bonds is 3. The highest BCUT2D eigenvalue weighted by Gasteiger charge is 2.18. The van der Waals surface area contributed by atoms with E-state index in [4.69, 9.17) is 9.47 Å². The molecule has 1 aromatic heterocycles. The van der Waals surface area contributed by atoms with Gasteiger partial charge >= 0.3 is 0 Å². The number of fused-ring (bicyclic) bond motifs is 1. The summed E-state index contributed by atoms with van der Waals surface area (Å²) < 4.78 is 10.7. The van der Waals surface area contributed by atoms with Crippen molar-refractivity contribution < 1.29 is 14.3 Å². The molecule has 6 heteroatoms. The Morgan fingerprint density at radius 2 is 2.18 bits per heavy atom. The van der Waals surface area contributed by atoms with Crippen molar-refractivity contribution in [3.63, 3.8) is 0 Å². The van der Waals surface area contributed by atoms with Gasteiger partial charge in [-0.3, -0.25) is 4.79 Å². The number of nitrogens with zero attached hydrogens (tertiary/aromatic N) is 1. The Kier molecular flexibility index (Phi) is 3.73. The second-order valence-corrected chi connectivity index (χ2v) is 6.12. The van der Waals surface area contributed by atoms with E-state index in [-0.39, 0.29) is 12.7 Å². The van der Waals surface area contributed by atoms with E-state index < -0.39 is 0 Å². The van der Waals surface area contributed by atoms with Gasteiger partial charge in [-0.1, -0.05) is 6.07 Å². The number of hydrogen-bond acceptors (Lipinski definition) is 5. The predicted molar refractivity (Wildman–Crippen MR) is 83.4 cm³/mol. The van der Waals surface area contributed by atoms with Crippen LogP contribution in [-0.4, -0.2) is 12.7 Å². The lowest BCUT2D eigenvalue weighted by Gasteiger charge is -2.02. The van der Waals surface area contributed by atoms with E-state index in [1.807, 2.05) is 25.1 Å². The number of benzene rings is 1. The minimum atomic E-state index is -0.174. The Balaban J connectivity index is 1.91. The molecule has 0 bridgehead atoms. The molecule has 1 aromatic carbocycles. The van der Waals surface area contributed by atoms with Crippen LogP contribution in [0.1, 0.15) is 28.5 Å². The monoisotopic (exact) mass is 314 g/mol. The minimum absolute atomic E-state index is 0.174. The van der Waals surface area contributed by atoms with Gasteiger partial charge in [0.25, 0.3) is 0 Å². The maximum absolute atomic E-state index is 11.2. The number of carbonyl (C=O) groups excluding carboxylic acids is 1. The molecule has 3 rings (SSSR count). The van der Waals surface area contributed by atoms with Gasteiger partial charge in [-0.05, 0) is 30.2 Å². The standard InChI is InChI=1S/C16H14N2O3S/c1-9-12(7-17)16(18-10(2)19)22-15(9)6-11-3-4-13-14(5-11)21-8-20-13/h3-5H,6,8H2,1-2H3,(H,18,19). The summed E-state index contributed by atoms with van der Waals surface area (Å²) in [4.78, 5) is 12.3. The van der Waals surface area contributed by atoms with Gasteiger partial charge in [-0.15, -0.1) is 11.3 Å². The van der Waals surface area contributed by atoms with Crippen molar-refractivity contribution >= 4 is 22.2 Å². The molecule has 2 aromatic rings. The topological polar surface area (TPSA) is 71.3 Å². The number of anilines is 1. The molecule has 22 heavy (non-hydrogen) atoms. The third-order valence-corrected chi connectivity index (χ3v) is 4.66. The molecule has 5 nitrogen and oxygen atoms in total. The van der Waals surface area contributed by atoms with Crippen molar-refractivity contribution in [3.05, 3.63) is 39.8 Å². The Labute approximate surface area is 132 Å². The van der Waals surface area contributed by atoms with Crippen LogP contribution in [0.2, 0.25) is 0 Å². The number of nitriles is 1. The van der Waals surface area contributed by atoms with Crippen molar-refractivity contribution in [1.82, 2.24) is 0 Å². The fourth-order valence-electron chi connectivity index (χ4n) is 2.35. The molecule has 1 aliphatic heterocycles. The number of hydrogen-bond donors (Lipinski definition) is 1. The first-order valence-electron chi connectivity index (χ1n) is 6.77. The number of thiophene rings is 1. The predicted octanol–water partition coefficient (Wildman–Crippen LogP) is 3.21. The van der Waals surface area contributed by atoms with Crippen LogP contribution in [0.25, 0.3) is 0 Å². The zero-order chi connectivity index (χ0) is 15.7. The van der Waals surface area contributed by atoms with Crippen LogP contribution in [0.3, 0.4) is 0 Å². The molecule has 0 radical (unpaired) electrons. The molecule has 0 fully saturated rings. The van der Waals surface area contributed by atoms with Crippen LogP contribution in [0, 0.1) is 18.3 Å². The van der Waals surface area contributed by atoms with Gasteiger partial charge in [0.05, 0.1) is 5.56 Å². The summed E-state index contributed by atoms with van der Waals surface area (Å²) in [5.74, 6) is 1.32. The van der Waals surface area contributed by atoms with Crippen molar-refractivity contribution in [1.29, 1.82) is 5.26 Å². The van der Waals surface area contributed by atoms with E-state index >= 15 is 0 Å². The van der Waals surface area contributed by atoms with Crippen LogP contribution in [0.4, 0.5) is 5.00 Å². The van der Waals surface area contributed by atoms with Crippen molar-refractivity contribution in [2.75, 3.05) is 12.1 Å². The Bertz CT molecular complexity index is 789. The average molecular weight is 314 g/mol. The molecular formula is C16H14N2O3S. The smallest absolute Gasteiger partial charge is 0.231 e. The first-order chi connectivity index (χ1) is 10.6. The lowest BCUT2D eigenvalue weighted by molar-refractivity contribution is -0.114. The number of carbonyl (C=O) groups is 1. The summed E-state index contributed by atoms with van der Waals surface area (Å²) in [6.07, 6.45) is 0.682.